The molecule has 0 radical (unpaired) electrons. The third kappa shape index (κ3) is 4.94. The summed E-state index contributed by atoms with van der Waals surface area (Å²) in [7, 11) is 0. The van der Waals surface area contributed by atoms with E-state index in [0.717, 1.165) is 51.9 Å². The fourth-order valence-electron chi connectivity index (χ4n) is 5.17. The van der Waals surface area contributed by atoms with Gasteiger partial charge < -0.3 is 15.1 Å². The molecule has 1 aliphatic carbocycles. The normalized spacial score (nSPS) is 22.2. The Labute approximate surface area is 178 Å². The van der Waals surface area contributed by atoms with Gasteiger partial charge in [-0.2, -0.15) is 0 Å². The molecule has 3 amide bonds. The van der Waals surface area contributed by atoms with Crippen molar-refractivity contribution in [3.8, 4) is 0 Å². The van der Waals surface area contributed by atoms with Gasteiger partial charge in [0.05, 0.1) is 6.04 Å². The summed E-state index contributed by atoms with van der Waals surface area (Å²) in [5.74, 6) is 0.433. The highest BCUT2D eigenvalue weighted by Gasteiger charge is 2.39. The molecule has 2 saturated heterocycles. The number of urea groups is 1. The predicted octanol–water partition coefficient (Wildman–Crippen LogP) is 3.55. The van der Waals surface area contributed by atoms with Crippen LogP contribution in [0, 0.1) is 11.7 Å². The highest BCUT2D eigenvalue weighted by Crippen LogP contribution is 2.32. The van der Waals surface area contributed by atoms with Gasteiger partial charge in [-0.15, -0.1) is 0 Å². The van der Waals surface area contributed by atoms with E-state index in [-0.39, 0.29) is 17.9 Å². The first-order valence-corrected chi connectivity index (χ1v) is 11.5. The van der Waals surface area contributed by atoms with Gasteiger partial charge in [0.15, 0.2) is 0 Å². The zero-order valence-electron chi connectivity index (χ0n) is 17.7. The van der Waals surface area contributed by atoms with E-state index in [4.69, 9.17) is 0 Å². The minimum Gasteiger partial charge on any atom is -0.341 e. The lowest BCUT2D eigenvalue weighted by Gasteiger charge is -2.43. The Bertz CT molecular complexity index is 721. The minimum absolute atomic E-state index is 0.0343. The van der Waals surface area contributed by atoms with Crippen molar-refractivity contribution in [2.45, 2.75) is 51.0 Å². The average molecular weight is 417 g/mol. The molecule has 2 heterocycles. The number of benzene rings is 1. The highest BCUT2D eigenvalue weighted by atomic mass is 19.1. The highest BCUT2D eigenvalue weighted by molar-refractivity contribution is 5.89. The monoisotopic (exact) mass is 416 g/mol. The number of anilines is 1. The molecule has 0 spiro atoms. The number of halogens is 1. The standard InChI is InChI=1S/C23H33FN4O2/c24-19-8-10-20(11-9-19)25-23(30)28-16-14-26(15-17-28)21(18-6-2-3-7-18)22(29)27-12-4-1-5-13-27/h8-11,18,21H,1-7,12-17H2,(H,25,30). The molecule has 1 aromatic carbocycles. The fourth-order valence-corrected chi connectivity index (χ4v) is 5.17. The molecule has 1 atom stereocenters. The molecule has 1 N–H and O–H groups in total. The topological polar surface area (TPSA) is 55.9 Å². The van der Waals surface area contributed by atoms with Crippen molar-refractivity contribution in [2.75, 3.05) is 44.6 Å². The second-order valence-corrected chi connectivity index (χ2v) is 8.84. The van der Waals surface area contributed by atoms with Crippen LogP contribution in [0.4, 0.5) is 14.9 Å². The molecule has 6 nitrogen and oxygen atoms in total. The largest absolute Gasteiger partial charge is 0.341 e. The Morgan fingerprint density at radius 3 is 2.10 bits per heavy atom. The van der Waals surface area contributed by atoms with Gasteiger partial charge in [0.1, 0.15) is 5.82 Å². The van der Waals surface area contributed by atoms with E-state index in [0.29, 0.717) is 30.6 Å². The van der Waals surface area contributed by atoms with Gasteiger partial charge >= 0.3 is 6.03 Å². The molecule has 3 fully saturated rings. The third-order valence-corrected chi connectivity index (χ3v) is 6.86. The lowest BCUT2D eigenvalue weighted by molar-refractivity contribution is -0.140. The van der Waals surface area contributed by atoms with Crippen LogP contribution in [-0.2, 0) is 4.79 Å². The van der Waals surface area contributed by atoms with Gasteiger partial charge in [-0.3, -0.25) is 9.69 Å². The molecule has 1 aromatic rings. The molecule has 0 aromatic heterocycles. The number of nitrogens with one attached hydrogen (secondary N) is 1. The third-order valence-electron chi connectivity index (χ3n) is 6.86. The average Bonchev–Trinajstić information content (AvgIpc) is 3.31. The van der Waals surface area contributed by atoms with E-state index in [1.165, 1.54) is 31.4 Å². The van der Waals surface area contributed by atoms with Crippen LogP contribution in [0.25, 0.3) is 0 Å². The number of likely N-dealkylation sites (tertiary alicyclic amines) is 1. The van der Waals surface area contributed by atoms with E-state index in [9.17, 15) is 14.0 Å². The maximum Gasteiger partial charge on any atom is 0.321 e. The van der Waals surface area contributed by atoms with Crippen LogP contribution in [0.3, 0.4) is 0 Å². The first-order chi connectivity index (χ1) is 14.6. The number of carbonyl (C=O) groups is 2. The van der Waals surface area contributed by atoms with Gasteiger partial charge in [-0.1, -0.05) is 12.8 Å². The molecule has 3 aliphatic rings. The van der Waals surface area contributed by atoms with Gasteiger partial charge in [0.2, 0.25) is 5.91 Å². The summed E-state index contributed by atoms with van der Waals surface area (Å²) in [6.45, 7) is 4.42. The predicted molar refractivity (Wildman–Crippen MR) is 115 cm³/mol. The van der Waals surface area contributed by atoms with E-state index in [1.807, 2.05) is 0 Å². The Morgan fingerprint density at radius 2 is 1.47 bits per heavy atom. The number of hydrogen-bond acceptors (Lipinski definition) is 3. The van der Waals surface area contributed by atoms with Crippen molar-refractivity contribution < 1.29 is 14.0 Å². The van der Waals surface area contributed by atoms with E-state index < -0.39 is 0 Å². The molecular weight excluding hydrogens is 383 g/mol. The molecule has 164 valence electrons. The van der Waals surface area contributed by atoms with Crippen LogP contribution in [-0.4, -0.2) is 71.9 Å². The summed E-state index contributed by atoms with van der Waals surface area (Å²) < 4.78 is 13.1. The zero-order chi connectivity index (χ0) is 20.9. The fraction of sp³-hybridized carbons (Fsp3) is 0.652. The Morgan fingerprint density at radius 1 is 0.833 bits per heavy atom. The van der Waals surface area contributed by atoms with Crippen molar-refractivity contribution in [3.05, 3.63) is 30.1 Å². The van der Waals surface area contributed by atoms with Gasteiger partial charge in [-0.25, -0.2) is 9.18 Å². The molecule has 1 saturated carbocycles. The molecule has 2 aliphatic heterocycles. The van der Waals surface area contributed by atoms with Crippen LogP contribution in [0.1, 0.15) is 44.9 Å². The van der Waals surface area contributed by atoms with Crippen molar-refractivity contribution in [1.82, 2.24) is 14.7 Å². The van der Waals surface area contributed by atoms with Gasteiger partial charge in [0.25, 0.3) is 0 Å². The van der Waals surface area contributed by atoms with Gasteiger partial charge in [-0.05, 0) is 62.3 Å². The summed E-state index contributed by atoms with van der Waals surface area (Å²) in [5.41, 5.74) is 0.591. The molecule has 1 unspecified atom stereocenters. The van der Waals surface area contributed by atoms with Crippen LogP contribution < -0.4 is 5.32 Å². The molecule has 0 bridgehead atoms. The SMILES string of the molecule is O=C(Nc1ccc(F)cc1)N1CCN(C(C(=O)N2CCCCC2)C2CCCC2)CC1. The van der Waals surface area contributed by atoms with Crippen LogP contribution in [0.2, 0.25) is 0 Å². The van der Waals surface area contributed by atoms with E-state index in [2.05, 4.69) is 15.1 Å². The van der Waals surface area contributed by atoms with Crippen molar-refractivity contribution in [1.29, 1.82) is 0 Å². The molecule has 7 heteroatoms. The maximum atomic E-state index is 13.4. The summed E-state index contributed by atoms with van der Waals surface area (Å²) in [6.07, 6.45) is 8.15. The number of rotatable bonds is 4. The minimum atomic E-state index is -0.321. The van der Waals surface area contributed by atoms with E-state index in [1.54, 1.807) is 17.0 Å². The Kier molecular flexibility index (Phi) is 6.87. The van der Waals surface area contributed by atoms with E-state index >= 15 is 0 Å². The van der Waals surface area contributed by atoms with Crippen molar-refractivity contribution in [3.63, 3.8) is 0 Å². The van der Waals surface area contributed by atoms with Crippen LogP contribution >= 0.6 is 0 Å². The maximum absolute atomic E-state index is 13.4. The van der Waals surface area contributed by atoms with Crippen LogP contribution in [0.5, 0.6) is 0 Å². The number of carbonyl (C=O) groups excluding carboxylic acids is 2. The number of piperazine rings is 1. The molecular formula is C23H33FN4O2. The van der Waals surface area contributed by atoms with Crippen molar-refractivity contribution in [2.24, 2.45) is 5.92 Å². The number of nitrogens with zero attached hydrogens (tertiary/aromatic N) is 3. The number of hydrogen-bond donors (Lipinski definition) is 1. The first-order valence-electron chi connectivity index (χ1n) is 11.5. The second kappa shape index (κ2) is 9.77. The summed E-state index contributed by atoms with van der Waals surface area (Å²) in [6, 6.07) is 5.61. The zero-order valence-corrected chi connectivity index (χ0v) is 17.7. The Balaban J connectivity index is 1.36. The van der Waals surface area contributed by atoms with Crippen molar-refractivity contribution >= 4 is 17.6 Å². The smallest absolute Gasteiger partial charge is 0.321 e. The molecule has 4 rings (SSSR count). The quantitative estimate of drug-likeness (QED) is 0.817. The van der Waals surface area contributed by atoms with Gasteiger partial charge in [0, 0.05) is 45.0 Å². The lowest BCUT2D eigenvalue weighted by Crippen LogP contribution is -2.59. The van der Waals surface area contributed by atoms with Crippen LogP contribution in [0.15, 0.2) is 24.3 Å². The molecule has 30 heavy (non-hydrogen) atoms. The summed E-state index contributed by atoms with van der Waals surface area (Å²) in [5, 5.41) is 2.84. The summed E-state index contributed by atoms with van der Waals surface area (Å²) >= 11 is 0. The summed E-state index contributed by atoms with van der Waals surface area (Å²) in [4.78, 5) is 32.2. The second-order valence-electron chi connectivity index (χ2n) is 8.84. The lowest BCUT2D eigenvalue weighted by atomic mass is 9.93. The first kappa shape index (κ1) is 21.1. The number of amides is 3. The number of piperidine rings is 1. The Hall–Kier alpha value is -2.15.